The lowest BCUT2D eigenvalue weighted by Crippen LogP contribution is -2.27. The Morgan fingerprint density at radius 2 is 1.86 bits per heavy atom. The van der Waals surface area contributed by atoms with Crippen LogP contribution in [0.5, 0.6) is 5.75 Å². The van der Waals surface area contributed by atoms with Gasteiger partial charge >= 0.3 is 0 Å². The molecule has 10 nitrogen and oxygen atoms in total. The maximum Gasteiger partial charge on any atom is 0.257 e. The summed E-state index contributed by atoms with van der Waals surface area (Å²) in [6.07, 6.45) is 6.72. The molecule has 0 aliphatic heterocycles. The second kappa shape index (κ2) is 11.1. The van der Waals surface area contributed by atoms with E-state index in [1.807, 2.05) is 39.3 Å². The third kappa shape index (κ3) is 6.17. The van der Waals surface area contributed by atoms with Crippen LogP contribution in [0.4, 0.5) is 17.1 Å². The fraction of sp³-hybridized carbons (Fsp3) is 0.346. The van der Waals surface area contributed by atoms with E-state index in [9.17, 15) is 4.79 Å². The largest absolute Gasteiger partial charge is 0.492 e. The summed E-state index contributed by atoms with van der Waals surface area (Å²) in [6.45, 7) is 10.1. The number of hydrazine groups is 1. The van der Waals surface area contributed by atoms with Crippen molar-refractivity contribution < 1.29 is 9.53 Å². The monoisotopic (exact) mass is 524 g/mol. The van der Waals surface area contributed by atoms with Crippen LogP contribution in [0.25, 0.3) is 5.70 Å². The highest BCUT2D eigenvalue weighted by molar-refractivity contribution is 7.99. The number of amides is 1. The Morgan fingerprint density at radius 3 is 2.43 bits per heavy atom. The number of aryl methyl sites for hydroxylation is 2. The molecule has 0 saturated heterocycles. The maximum atomic E-state index is 13.3. The van der Waals surface area contributed by atoms with Crippen LogP contribution in [0, 0.1) is 13.8 Å². The molecule has 0 bridgehead atoms. The molecular formula is C26H36N8O2S. The average Bonchev–Trinajstić information content (AvgIpc) is 3.16. The molecule has 3 aromatic rings. The number of nitrogens with one attached hydrogen (secondary N) is 2. The van der Waals surface area contributed by atoms with Crippen molar-refractivity contribution in [3.63, 3.8) is 0 Å². The SMILES string of the molecule is COc1c(NSC)cc(C(C)(C)C)cc1NC(=O)c1cnc(C)c(N(N)/C=C(\N)c2cnn(C)c2C)c1. The van der Waals surface area contributed by atoms with Gasteiger partial charge in [-0.3, -0.25) is 19.5 Å². The molecule has 0 fully saturated rings. The first kappa shape index (κ1) is 27.9. The van der Waals surface area contributed by atoms with Gasteiger partial charge in [0.15, 0.2) is 5.75 Å². The van der Waals surface area contributed by atoms with Gasteiger partial charge in [-0.25, -0.2) is 5.84 Å². The molecular weight excluding hydrogens is 488 g/mol. The van der Waals surface area contributed by atoms with Crippen molar-refractivity contribution in [1.29, 1.82) is 0 Å². The van der Waals surface area contributed by atoms with Gasteiger partial charge in [-0.1, -0.05) is 32.7 Å². The number of ether oxygens (including phenoxy) is 1. The number of anilines is 3. The number of benzene rings is 1. The standard InChI is InChI=1S/C26H36N8O2S/c1-15-23(34(28)14-20(27)19-13-30-33(6)16(19)2)9-17(12-29-15)25(35)31-21-10-18(26(3,4)5)11-22(32-37-8)24(21)36-7/h9-14,32H,27-28H2,1-8H3,(H,31,35)/b20-14-. The number of carbonyl (C=O) groups excluding carboxylic acids is 1. The molecule has 1 amide bonds. The molecule has 11 heteroatoms. The topological polar surface area (TPSA) is 136 Å². The molecule has 0 aliphatic rings. The fourth-order valence-corrected chi connectivity index (χ4v) is 4.10. The van der Waals surface area contributed by atoms with Crippen LogP contribution in [0.15, 0.2) is 36.8 Å². The lowest BCUT2D eigenvalue weighted by Gasteiger charge is -2.24. The minimum atomic E-state index is -0.346. The zero-order valence-corrected chi connectivity index (χ0v) is 23.4. The summed E-state index contributed by atoms with van der Waals surface area (Å²) in [7, 11) is 3.42. The number of hydrogen-bond acceptors (Lipinski definition) is 9. The van der Waals surface area contributed by atoms with Gasteiger partial charge in [-0.05, 0) is 43.0 Å². The summed E-state index contributed by atoms with van der Waals surface area (Å²) >= 11 is 1.45. The Bertz CT molecular complexity index is 1330. The Kier molecular flexibility index (Phi) is 8.39. The van der Waals surface area contributed by atoms with Crippen LogP contribution in [-0.4, -0.2) is 34.0 Å². The summed E-state index contributed by atoms with van der Waals surface area (Å²) < 4.78 is 10.6. The third-order valence-corrected chi connectivity index (χ3v) is 6.47. The molecule has 0 atom stereocenters. The molecule has 1 aromatic carbocycles. The molecule has 37 heavy (non-hydrogen) atoms. The highest BCUT2D eigenvalue weighted by atomic mass is 32.2. The summed E-state index contributed by atoms with van der Waals surface area (Å²) in [5.41, 5.74) is 12.2. The number of nitrogens with two attached hydrogens (primary N) is 2. The molecule has 3 rings (SSSR count). The predicted molar refractivity (Wildman–Crippen MR) is 153 cm³/mol. The van der Waals surface area contributed by atoms with Gasteiger partial charge in [0.05, 0.1) is 47.3 Å². The van der Waals surface area contributed by atoms with E-state index in [4.69, 9.17) is 16.3 Å². The van der Waals surface area contributed by atoms with Crippen molar-refractivity contribution in [3.8, 4) is 5.75 Å². The van der Waals surface area contributed by atoms with Gasteiger partial charge in [0, 0.05) is 37.0 Å². The van der Waals surface area contributed by atoms with E-state index in [0.29, 0.717) is 34.1 Å². The quantitative estimate of drug-likeness (QED) is 0.193. The Balaban J connectivity index is 1.95. The Morgan fingerprint density at radius 1 is 1.19 bits per heavy atom. The Labute approximate surface area is 222 Å². The minimum absolute atomic E-state index is 0.141. The van der Waals surface area contributed by atoms with Gasteiger partial charge < -0.3 is 20.5 Å². The van der Waals surface area contributed by atoms with E-state index >= 15 is 0 Å². The first-order valence-electron chi connectivity index (χ1n) is 11.7. The summed E-state index contributed by atoms with van der Waals surface area (Å²) in [5, 5.41) is 8.57. The second-order valence-electron chi connectivity index (χ2n) is 9.70. The lowest BCUT2D eigenvalue weighted by atomic mass is 9.86. The number of rotatable bonds is 8. The Hall–Kier alpha value is -3.70. The number of pyridine rings is 1. The van der Waals surface area contributed by atoms with E-state index < -0.39 is 0 Å². The van der Waals surface area contributed by atoms with Gasteiger partial charge in [0.2, 0.25) is 0 Å². The van der Waals surface area contributed by atoms with E-state index in [-0.39, 0.29) is 11.3 Å². The summed E-state index contributed by atoms with van der Waals surface area (Å²) in [5.74, 6) is 6.52. The van der Waals surface area contributed by atoms with Crippen LogP contribution in [0.1, 0.15) is 53.6 Å². The van der Waals surface area contributed by atoms with Crippen molar-refractivity contribution in [2.75, 3.05) is 28.4 Å². The number of aromatic nitrogens is 3. The number of hydrogen-bond donors (Lipinski definition) is 4. The zero-order valence-electron chi connectivity index (χ0n) is 22.6. The molecule has 0 spiro atoms. The molecule has 6 N–H and O–H groups in total. The predicted octanol–water partition coefficient (Wildman–Crippen LogP) is 4.32. The van der Waals surface area contributed by atoms with E-state index in [2.05, 4.69) is 40.9 Å². The van der Waals surface area contributed by atoms with Crippen molar-refractivity contribution in [2.24, 2.45) is 18.6 Å². The average molecular weight is 525 g/mol. The highest BCUT2D eigenvalue weighted by Crippen LogP contribution is 2.39. The van der Waals surface area contributed by atoms with Gasteiger partial charge in [0.25, 0.3) is 5.91 Å². The van der Waals surface area contributed by atoms with Crippen molar-refractivity contribution in [2.45, 2.75) is 40.0 Å². The van der Waals surface area contributed by atoms with E-state index in [1.54, 1.807) is 30.3 Å². The molecule has 2 heterocycles. The van der Waals surface area contributed by atoms with Gasteiger partial charge in [-0.15, -0.1) is 0 Å². The molecule has 0 saturated carbocycles. The number of carbonyl (C=O) groups is 1. The van der Waals surface area contributed by atoms with Crippen LogP contribution >= 0.6 is 11.9 Å². The van der Waals surface area contributed by atoms with Gasteiger partial charge in [-0.2, -0.15) is 5.10 Å². The first-order valence-corrected chi connectivity index (χ1v) is 12.9. The third-order valence-electron chi connectivity index (χ3n) is 6.04. The summed E-state index contributed by atoms with van der Waals surface area (Å²) in [4.78, 5) is 17.7. The van der Waals surface area contributed by atoms with Crippen molar-refractivity contribution in [3.05, 3.63) is 64.9 Å². The minimum Gasteiger partial charge on any atom is -0.492 e. The fourth-order valence-electron chi connectivity index (χ4n) is 3.73. The second-order valence-corrected chi connectivity index (χ2v) is 10.3. The number of nitrogens with zero attached hydrogens (tertiary/aromatic N) is 4. The van der Waals surface area contributed by atoms with Crippen LogP contribution in [0.3, 0.4) is 0 Å². The molecule has 198 valence electrons. The zero-order chi connectivity index (χ0) is 27.5. The van der Waals surface area contributed by atoms with Crippen molar-refractivity contribution >= 4 is 40.6 Å². The highest BCUT2D eigenvalue weighted by Gasteiger charge is 2.22. The van der Waals surface area contributed by atoms with Gasteiger partial charge in [0.1, 0.15) is 0 Å². The smallest absolute Gasteiger partial charge is 0.257 e. The first-order chi connectivity index (χ1) is 17.4. The molecule has 0 unspecified atom stereocenters. The van der Waals surface area contributed by atoms with E-state index in [1.165, 1.54) is 23.2 Å². The van der Waals surface area contributed by atoms with E-state index in [0.717, 1.165) is 22.5 Å². The normalized spacial score (nSPS) is 11.9. The molecule has 0 radical (unpaired) electrons. The van der Waals surface area contributed by atoms with Crippen molar-refractivity contribution in [1.82, 2.24) is 14.8 Å². The molecule has 0 aliphatic carbocycles. The maximum absolute atomic E-state index is 13.3. The van der Waals surface area contributed by atoms with Crippen LogP contribution < -0.4 is 31.4 Å². The van der Waals surface area contributed by atoms with Crippen LogP contribution in [-0.2, 0) is 12.5 Å². The lowest BCUT2D eigenvalue weighted by molar-refractivity contribution is 0.102. The summed E-state index contributed by atoms with van der Waals surface area (Å²) in [6, 6.07) is 5.64. The van der Waals surface area contributed by atoms with Crippen LogP contribution in [0.2, 0.25) is 0 Å². The molecule has 2 aromatic heterocycles. The number of methoxy groups -OCH3 is 1.